The van der Waals surface area contributed by atoms with Gasteiger partial charge in [0, 0.05) is 18.6 Å². The van der Waals surface area contributed by atoms with E-state index in [0.717, 1.165) is 22.2 Å². The summed E-state index contributed by atoms with van der Waals surface area (Å²) in [5, 5.41) is 1.05. The average molecular weight is 294 g/mol. The number of furan rings is 1. The summed E-state index contributed by atoms with van der Waals surface area (Å²) in [6.45, 7) is 1.96. The van der Waals surface area contributed by atoms with E-state index < -0.39 is 0 Å². The molecule has 3 rings (SSSR count). The molecule has 22 heavy (non-hydrogen) atoms. The summed E-state index contributed by atoms with van der Waals surface area (Å²) < 4.78 is 5.38. The molecule has 0 saturated carbocycles. The van der Waals surface area contributed by atoms with Gasteiger partial charge in [-0.05, 0) is 30.7 Å². The maximum absolute atomic E-state index is 12.5. The molecule has 0 radical (unpaired) electrons. The van der Waals surface area contributed by atoms with E-state index in [1.807, 2.05) is 49.4 Å². The number of nitrogens with zero attached hydrogens (tertiary/aromatic N) is 2. The molecule has 1 unspecified atom stereocenters. The summed E-state index contributed by atoms with van der Waals surface area (Å²) in [6.07, 6.45) is 3.71. The second kappa shape index (κ2) is 6.02. The van der Waals surface area contributed by atoms with Crippen molar-refractivity contribution in [3.8, 4) is 0 Å². The van der Waals surface area contributed by atoms with Crippen LogP contribution in [0, 0.1) is 0 Å². The number of hydrogen-bond donors (Lipinski definition) is 0. The highest BCUT2D eigenvalue weighted by molar-refractivity contribution is 5.87. The zero-order valence-corrected chi connectivity index (χ0v) is 12.7. The summed E-state index contributed by atoms with van der Waals surface area (Å²) in [5.41, 5.74) is 1.83. The quantitative estimate of drug-likeness (QED) is 0.738. The van der Waals surface area contributed by atoms with Gasteiger partial charge in [-0.2, -0.15) is 0 Å². The van der Waals surface area contributed by atoms with Gasteiger partial charge < -0.3 is 9.32 Å². The Morgan fingerprint density at radius 1 is 1.23 bits per heavy atom. The third kappa shape index (κ3) is 2.72. The van der Waals surface area contributed by atoms with Crippen molar-refractivity contribution in [3.63, 3.8) is 0 Å². The number of para-hydroxylation sites is 1. The predicted molar refractivity (Wildman–Crippen MR) is 85.3 cm³/mol. The van der Waals surface area contributed by atoms with Gasteiger partial charge in [-0.3, -0.25) is 9.78 Å². The van der Waals surface area contributed by atoms with E-state index in [9.17, 15) is 4.79 Å². The number of carbonyl (C=O) groups excluding carboxylic acids is 1. The van der Waals surface area contributed by atoms with Crippen molar-refractivity contribution in [2.45, 2.75) is 19.4 Å². The zero-order valence-electron chi connectivity index (χ0n) is 12.7. The summed E-state index contributed by atoms with van der Waals surface area (Å²) in [7, 11) is 1.80. The van der Waals surface area contributed by atoms with Crippen molar-refractivity contribution in [3.05, 3.63) is 66.2 Å². The lowest BCUT2D eigenvalue weighted by molar-refractivity contribution is -0.131. The van der Waals surface area contributed by atoms with Crippen LogP contribution in [-0.4, -0.2) is 22.8 Å². The van der Waals surface area contributed by atoms with E-state index in [2.05, 4.69) is 4.98 Å². The van der Waals surface area contributed by atoms with Gasteiger partial charge >= 0.3 is 0 Å². The zero-order chi connectivity index (χ0) is 15.5. The minimum Gasteiger partial charge on any atom is -0.467 e. The number of pyridine rings is 1. The number of rotatable bonds is 4. The molecule has 0 bridgehead atoms. The number of amides is 1. The fraction of sp³-hybridized carbons (Fsp3) is 0.222. The molecule has 4 nitrogen and oxygen atoms in total. The lowest BCUT2D eigenvalue weighted by Gasteiger charge is -2.23. The van der Waals surface area contributed by atoms with Crippen LogP contribution in [0.5, 0.6) is 0 Å². The molecular weight excluding hydrogens is 276 g/mol. The topological polar surface area (TPSA) is 46.3 Å². The van der Waals surface area contributed by atoms with Crippen LogP contribution >= 0.6 is 0 Å². The first-order chi connectivity index (χ1) is 10.7. The molecule has 1 atom stereocenters. The standard InChI is InChI=1S/C18H18N2O2/c1-13(16-9-5-11-22-16)20(2)17(21)12-15-7-3-6-14-8-4-10-19-18(14)15/h3-11,13H,12H2,1-2H3. The van der Waals surface area contributed by atoms with E-state index in [1.54, 1.807) is 24.4 Å². The molecule has 4 heteroatoms. The number of aromatic nitrogens is 1. The molecule has 2 aromatic heterocycles. The molecule has 1 aromatic carbocycles. The molecule has 0 fully saturated rings. The Bertz CT molecular complexity index is 775. The van der Waals surface area contributed by atoms with Crippen LogP contribution in [-0.2, 0) is 11.2 Å². The Morgan fingerprint density at radius 2 is 2.05 bits per heavy atom. The third-order valence-corrected chi connectivity index (χ3v) is 3.99. The molecule has 0 aliphatic rings. The van der Waals surface area contributed by atoms with Crippen LogP contribution in [0.1, 0.15) is 24.3 Å². The van der Waals surface area contributed by atoms with Gasteiger partial charge in [0.2, 0.25) is 5.91 Å². The highest BCUT2D eigenvalue weighted by atomic mass is 16.3. The highest BCUT2D eigenvalue weighted by Gasteiger charge is 2.20. The van der Waals surface area contributed by atoms with Crippen molar-refractivity contribution in [1.29, 1.82) is 0 Å². The van der Waals surface area contributed by atoms with Crippen LogP contribution in [0.25, 0.3) is 10.9 Å². The van der Waals surface area contributed by atoms with Gasteiger partial charge in [0.05, 0.1) is 24.2 Å². The first-order valence-electron chi connectivity index (χ1n) is 7.28. The molecule has 0 N–H and O–H groups in total. The first kappa shape index (κ1) is 14.3. The molecule has 2 heterocycles. The predicted octanol–water partition coefficient (Wildman–Crippen LogP) is 3.59. The van der Waals surface area contributed by atoms with Crippen molar-refractivity contribution in [2.75, 3.05) is 7.05 Å². The number of carbonyl (C=O) groups is 1. The summed E-state index contributed by atoms with van der Waals surface area (Å²) >= 11 is 0. The highest BCUT2D eigenvalue weighted by Crippen LogP contribution is 2.21. The largest absolute Gasteiger partial charge is 0.467 e. The Kier molecular flexibility index (Phi) is 3.92. The molecule has 0 aliphatic carbocycles. The number of benzene rings is 1. The number of hydrogen-bond acceptors (Lipinski definition) is 3. The summed E-state index contributed by atoms with van der Waals surface area (Å²) in [4.78, 5) is 18.7. The average Bonchev–Trinajstić information content (AvgIpc) is 3.08. The van der Waals surface area contributed by atoms with E-state index in [1.165, 1.54) is 0 Å². The van der Waals surface area contributed by atoms with Crippen molar-refractivity contribution >= 4 is 16.8 Å². The van der Waals surface area contributed by atoms with Crippen molar-refractivity contribution in [1.82, 2.24) is 9.88 Å². The molecule has 112 valence electrons. The maximum atomic E-state index is 12.5. The number of fused-ring (bicyclic) bond motifs is 1. The first-order valence-corrected chi connectivity index (χ1v) is 7.28. The van der Waals surface area contributed by atoms with E-state index in [4.69, 9.17) is 4.42 Å². The Hall–Kier alpha value is -2.62. The fourth-order valence-corrected chi connectivity index (χ4v) is 2.53. The van der Waals surface area contributed by atoms with Crippen LogP contribution in [0.15, 0.2) is 59.3 Å². The molecular formula is C18H18N2O2. The fourth-order valence-electron chi connectivity index (χ4n) is 2.53. The molecule has 0 spiro atoms. The van der Waals surface area contributed by atoms with Gasteiger partial charge in [0.1, 0.15) is 5.76 Å². The monoisotopic (exact) mass is 294 g/mol. The van der Waals surface area contributed by atoms with Gasteiger partial charge in [-0.25, -0.2) is 0 Å². The maximum Gasteiger partial charge on any atom is 0.227 e. The van der Waals surface area contributed by atoms with E-state index in [0.29, 0.717) is 6.42 Å². The van der Waals surface area contributed by atoms with E-state index in [-0.39, 0.29) is 11.9 Å². The SMILES string of the molecule is CC(c1ccco1)N(C)C(=O)Cc1cccc2cccnc12. The van der Waals surface area contributed by atoms with Crippen molar-refractivity contribution < 1.29 is 9.21 Å². The van der Waals surface area contributed by atoms with Crippen LogP contribution in [0.2, 0.25) is 0 Å². The Balaban J connectivity index is 1.81. The van der Waals surface area contributed by atoms with Gasteiger partial charge in [-0.15, -0.1) is 0 Å². The van der Waals surface area contributed by atoms with Crippen LogP contribution in [0.4, 0.5) is 0 Å². The lowest BCUT2D eigenvalue weighted by Crippen LogP contribution is -2.30. The smallest absolute Gasteiger partial charge is 0.227 e. The van der Waals surface area contributed by atoms with Crippen LogP contribution in [0.3, 0.4) is 0 Å². The third-order valence-electron chi connectivity index (χ3n) is 3.99. The Morgan fingerprint density at radius 3 is 2.82 bits per heavy atom. The number of likely N-dealkylation sites (N-methyl/N-ethyl adjacent to an activating group) is 1. The lowest BCUT2D eigenvalue weighted by atomic mass is 10.1. The summed E-state index contributed by atoms with van der Waals surface area (Å²) in [6, 6.07) is 13.5. The second-order valence-corrected chi connectivity index (χ2v) is 5.37. The van der Waals surface area contributed by atoms with E-state index >= 15 is 0 Å². The molecule has 0 saturated heterocycles. The minimum atomic E-state index is -0.0922. The summed E-state index contributed by atoms with van der Waals surface area (Å²) in [5.74, 6) is 0.828. The minimum absolute atomic E-state index is 0.0436. The van der Waals surface area contributed by atoms with Crippen molar-refractivity contribution in [2.24, 2.45) is 0 Å². The molecule has 3 aromatic rings. The van der Waals surface area contributed by atoms with Gasteiger partial charge in [-0.1, -0.05) is 24.3 Å². The normalized spacial score (nSPS) is 12.3. The Labute approximate surface area is 129 Å². The van der Waals surface area contributed by atoms with Gasteiger partial charge in [0.25, 0.3) is 0 Å². The molecule has 0 aliphatic heterocycles. The van der Waals surface area contributed by atoms with Gasteiger partial charge in [0.15, 0.2) is 0 Å². The molecule has 1 amide bonds. The van der Waals surface area contributed by atoms with Crippen LogP contribution < -0.4 is 0 Å². The second-order valence-electron chi connectivity index (χ2n) is 5.37.